The maximum atomic E-state index is 13.1. The van der Waals surface area contributed by atoms with Gasteiger partial charge in [0.2, 0.25) is 5.91 Å². The minimum absolute atomic E-state index is 0.0932. The second-order valence-electron chi connectivity index (χ2n) is 4.49. The molecule has 2 rings (SSSR count). The van der Waals surface area contributed by atoms with Crippen LogP contribution in [0.1, 0.15) is 17.5 Å². The van der Waals surface area contributed by atoms with E-state index in [1.807, 2.05) is 0 Å². The molecule has 1 aromatic carbocycles. The van der Waals surface area contributed by atoms with Crippen LogP contribution in [0.5, 0.6) is 0 Å². The number of hydrogen-bond donors (Lipinski definition) is 2. The summed E-state index contributed by atoms with van der Waals surface area (Å²) in [4.78, 5) is 13.4. The van der Waals surface area contributed by atoms with Gasteiger partial charge in [0.1, 0.15) is 5.82 Å². The molecule has 1 heterocycles. The molecule has 0 bridgehead atoms. The lowest BCUT2D eigenvalue weighted by Crippen LogP contribution is -2.28. The Balaban J connectivity index is 2.06. The number of carbonyl (C=O) groups is 1. The Morgan fingerprint density at radius 2 is 2.17 bits per heavy atom. The van der Waals surface area contributed by atoms with Crippen molar-refractivity contribution < 1.29 is 9.18 Å². The molecule has 0 aliphatic carbocycles. The molecular formula is C13H18FN3O. The lowest BCUT2D eigenvalue weighted by molar-refractivity contribution is -0.120. The number of nitrogens with two attached hydrogens (primary N) is 1. The largest absolute Gasteiger partial charge is 0.355 e. The molecule has 1 aliphatic heterocycles. The van der Waals surface area contributed by atoms with E-state index in [0.29, 0.717) is 26.1 Å². The molecule has 0 radical (unpaired) electrons. The van der Waals surface area contributed by atoms with Gasteiger partial charge in [-0.1, -0.05) is 6.07 Å². The summed E-state index contributed by atoms with van der Waals surface area (Å²) >= 11 is 0. The van der Waals surface area contributed by atoms with Crippen molar-refractivity contribution >= 4 is 5.91 Å². The van der Waals surface area contributed by atoms with Gasteiger partial charge in [-0.3, -0.25) is 9.69 Å². The van der Waals surface area contributed by atoms with Crippen LogP contribution in [0, 0.1) is 5.82 Å². The molecule has 0 spiro atoms. The molecule has 0 aromatic heterocycles. The maximum absolute atomic E-state index is 13.1. The number of hydrogen-bond acceptors (Lipinski definition) is 3. The molecule has 1 aromatic rings. The summed E-state index contributed by atoms with van der Waals surface area (Å²) < 4.78 is 13.1. The van der Waals surface area contributed by atoms with E-state index in [4.69, 9.17) is 5.73 Å². The van der Waals surface area contributed by atoms with Crippen molar-refractivity contribution in [2.75, 3.05) is 19.6 Å². The van der Waals surface area contributed by atoms with Gasteiger partial charge in [0.15, 0.2) is 0 Å². The number of amides is 1. The van der Waals surface area contributed by atoms with Crippen molar-refractivity contribution in [2.24, 2.45) is 5.73 Å². The molecule has 0 atom stereocenters. The molecule has 98 valence electrons. The number of benzene rings is 1. The van der Waals surface area contributed by atoms with Gasteiger partial charge in [-0.2, -0.15) is 0 Å². The lowest BCUT2D eigenvalue weighted by Gasteiger charge is -2.20. The molecule has 1 fully saturated rings. The minimum atomic E-state index is -0.257. The highest BCUT2D eigenvalue weighted by Crippen LogP contribution is 2.14. The van der Waals surface area contributed by atoms with Crippen LogP contribution >= 0.6 is 0 Å². The summed E-state index contributed by atoms with van der Waals surface area (Å²) in [6.07, 6.45) is 0.513. The Kier molecular flexibility index (Phi) is 4.28. The summed E-state index contributed by atoms with van der Waals surface area (Å²) in [6.45, 7) is 3.25. The van der Waals surface area contributed by atoms with Crippen LogP contribution in [0.25, 0.3) is 0 Å². The average Bonchev–Trinajstić information content (AvgIpc) is 2.56. The van der Waals surface area contributed by atoms with Crippen molar-refractivity contribution in [3.8, 4) is 0 Å². The fraction of sp³-hybridized carbons (Fsp3) is 0.462. The number of nitrogens with zero attached hydrogens (tertiary/aromatic N) is 1. The first kappa shape index (κ1) is 13.0. The Bertz CT molecular complexity index is 436. The van der Waals surface area contributed by atoms with E-state index in [0.717, 1.165) is 24.2 Å². The zero-order valence-electron chi connectivity index (χ0n) is 10.3. The molecule has 3 N–H and O–H groups in total. The van der Waals surface area contributed by atoms with E-state index < -0.39 is 0 Å². The van der Waals surface area contributed by atoms with Crippen LogP contribution in [0.4, 0.5) is 4.39 Å². The van der Waals surface area contributed by atoms with Gasteiger partial charge in [-0.15, -0.1) is 0 Å². The van der Waals surface area contributed by atoms with E-state index in [1.165, 1.54) is 12.1 Å². The Morgan fingerprint density at radius 1 is 1.33 bits per heavy atom. The molecule has 1 amide bonds. The third kappa shape index (κ3) is 3.27. The molecule has 5 heteroatoms. The smallest absolute Gasteiger partial charge is 0.221 e. The topological polar surface area (TPSA) is 58.4 Å². The van der Waals surface area contributed by atoms with E-state index in [-0.39, 0.29) is 11.7 Å². The summed E-state index contributed by atoms with van der Waals surface area (Å²) in [6, 6.07) is 4.71. The molecule has 0 saturated carbocycles. The van der Waals surface area contributed by atoms with E-state index in [9.17, 15) is 9.18 Å². The summed E-state index contributed by atoms with van der Waals surface area (Å²) in [7, 11) is 0. The van der Waals surface area contributed by atoms with Crippen LogP contribution < -0.4 is 11.1 Å². The van der Waals surface area contributed by atoms with E-state index in [2.05, 4.69) is 10.2 Å². The van der Waals surface area contributed by atoms with Crippen LogP contribution in [0.2, 0.25) is 0 Å². The first-order valence-corrected chi connectivity index (χ1v) is 6.15. The van der Waals surface area contributed by atoms with Crippen LogP contribution in [-0.2, 0) is 17.9 Å². The number of rotatable bonds is 3. The van der Waals surface area contributed by atoms with Crippen LogP contribution in [0.15, 0.2) is 18.2 Å². The molecular weight excluding hydrogens is 233 g/mol. The minimum Gasteiger partial charge on any atom is -0.355 e. The summed E-state index contributed by atoms with van der Waals surface area (Å²) in [5.41, 5.74) is 7.49. The Labute approximate surface area is 106 Å². The molecule has 1 aliphatic rings. The molecule has 1 saturated heterocycles. The summed E-state index contributed by atoms with van der Waals surface area (Å²) in [5, 5.41) is 2.83. The van der Waals surface area contributed by atoms with Gasteiger partial charge in [0.25, 0.3) is 0 Å². The predicted octanol–water partition coefficient (Wildman–Crippen LogP) is 0.606. The summed E-state index contributed by atoms with van der Waals surface area (Å²) in [5.74, 6) is -0.164. The standard InChI is InChI=1S/C13H18FN3O/c14-12-2-1-10(11(7-12)8-15)9-17-5-3-13(18)16-4-6-17/h1-2,7H,3-6,8-9,15H2,(H,16,18). The van der Waals surface area contributed by atoms with Gasteiger partial charge in [0, 0.05) is 39.1 Å². The second kappa shape index (κ2) is 5.93. The van der Waals surface area contributed by atoms with Crippen LogP contribution in [0.3, 0.4) is 0 Å². The van der Waals surface area contributed by atoms with Crippen molar-refractivity contribution in [2.45, 2.75) is 19.5 Å². The Hall–Kier alpha value is -1.46. The first-order valence-electron chi connectivity index (χ1n) is 6.15. The third-order valence-electron chi connectivity index (χ3n) is 3.19. The van der Waals surface area contributed by atoms with Gasteiger partial charge in [0.05, 0.1) is 0 Å². The molecule has 4 nitrogen and oxygen atoms in total. The highest BCUT2D eigenvalue weighted by Gasteiger charge is 2.14. The fourth-order valence-corrected chi connectivity index (χ4v) is 2.15. The first-order chi connectivity index (χ1) is 8.69. The second-order valence-corrected chi connectivity index (χ2v) is 4.49. The van der Waals surface area contributed by atoms with Crippen LogP contribution in [-0.4, -0.2) is 30.4 Å². The van der Waals surface area contributed by atoms with Gasteiger partial charge in [-0.05, 0) is 23.3 Å². The van der Waals surface area contributed by atoms with Gasteiger partial charge >= 0.3 is 0 Å². The Morgan fingerprint density at radius 3 is 2.94 bits per heavy atom. The zero-order valence-corrected chi connectivity index (χ0v) is 10.3. The van der Waals surface area contributed by atoms with Crippen molar-refractivity contribution in [1.82, 2.24) is 10.2 Å². The quantitative estimate of drug-likeness (QED) is 0.827. The number of nitrogens with one attached hydrogen (secondary N) is 1. The van der Waals surface area contributed by atoms with E-state index >= 15 is 0 Å². The predicted molar refractivity (Wildman–Crippen MR) is 67.2 cm³/mol. The number of halogens is 1. The maximum Gasteiger partial charge on any atom is 0.221 e. The van der Waals surface area contributed by atoms with E-state index in [1.54, 1.807) is 6.07 Å². The average molecular weight is 251 g/mol. The lowest BCUT2D eigenvalue weighted by atomic mass is 10.1. The van der Waals surface area contributed by atoms with Crippen molar-refractivity contribution in [3.05, 3.63) is 35.1 Å². The highest BCUT2D eigenvalue weighted by molar-refractivity contribution is 5.76. The van der Waals surface area contributed by atoms with Crippen molar-refractivity contribution in [1.29, 1.82) is 0 Å². The normalized spacial score (nSPS) is 17.3. The third-order valence-corrected chi connectivity index (χ3v) is 3.19. The number of carbonyl (C=O) groups excluding carboxylic acids is 1. The van der Waals surface area contributed by atoms with Gasteiger partial charge < -0.3 is 11.1 Å². The fourth-order valence-electron chi connectivity index (χ4n) is 2.15. The molecule has 0 unspecified atom stereocenters. The molecule has 18 heavy (non-hydrogen) atoms. The van der Waals surface area contributed by atoms with Crippen molar-refractivity contribution in [3.63, 3.8) is 0 Å². The van der Waals surface area contributed by atoms with Gasteiger partial charge in [-0.25, -0.2) is 4.39 Å². The highest BCUT2D eigenvalue weighted by atomic mass is 19.1. The zero-order chi connectivity index (χ0) is 13.0. The monoisotopic (exact) mass is 251 g/mol. The SMILES string of the molecule is NCc1cc(F)ccc1CN1CCNC(=O)CC1.